The Morgan fingerprint density at radius 3 is 2.33 bits per heavy atom. The van der Waals surface area contributed by atoms with Gasteiger partial charge in [0, 0.05) is 6.04 Å². The highest BCUT2D eigenvalue weighted by molar-refractivity contribution is 5.81. The fraction of sp³-hybridized carbons (Fsp3) is 0.353. The Bertz CT molecular complexity index is 549. The molecule has 2 aromatic rings. The molecule has 0 aliphatic carbocycles. The summed E-state index contributed by atoms with van der Waals surface area (Å²) >= 11 is 0. The van der Waals surface area contributed by atoms with E-state index in [1.165, 1.54) is 0 Å². The number of hydrogen-bond donors (Lipinski definition) is 2. The van der Waals surface area contributed by atoms with E-state index in [-0.39, 0.29) is 24.0 Å². The zero-order valence-electron chi connectivity index (χ0n) is 12.7. The van der Waals surface area contributed by atoms with Crippen molar-refractivity contribution in [2.45, 2.75) is 38.9 Å². The molecule has 0 bridgehead atoms. The summed E-state index contributed by atoms with van der Waals surface area (Å²) in [5.74, 6) is 0.780. The predicted octanol–water partition coefficient (Wildman–Crippen LogP) is 2.87. The van der Waals surface area contributed by atoms with Crippen molar-refractivity contribution in [1.82, 2.24) is 10.6 Å². The summed E-state index contributed by atoms with van der Waals surface area (Å²) in [4.78, 5) is 12.1. The predicted molar refractivity (Wildman–Crippen MR) is 82.9 cm³/mol. The summed E-state index contributed by atoms with van der Waals surface area (Å²) < 4.78 is 5.52. The molecule has 0 aliphatic heterocycles. The van der Waals surface area contributed by atoms with Gasteiger partial charge in [-0.3, -0.25) is 10.1 Å². The first-order valence-electron chi connectivity index (χ1n) is 7.22. The molecule has 0 fully saturated rings. The number of nitrogens with one attached hydrogen (secondary N) is 2. The van der Waals surface area contributed by atoms with Crippen LogP contribution < -0.4 is 10.6 Å². The fourth-order valence-electron chi connectivity index (χ4n) is 2.18. The lowest BCUT2D eigenvalue weighted by Crippen LogP contribution is -2.46. The summed E-state index contributed by atoms with van der Waals surface area (Å²) in [5.41, 5.74) is 1.07. The van der Waals surface area contributed by atoms with Crippen molar-refractivity contribution in [2.24, 2.45) is 0 Å². The molecular weight excluding hydrogens is 264 g/mol. The van der Waals surface area contributed by atoms with Crippen LogP contribution in [-0.4, -0.2) is 18.0 Å². The molecule has 2 N–H and O–H groups in total. The maximum Gasteiger partial charge on any atom is 0.237 e. The topological polar surface area (TPSA) is 54.3 Å². The van der Waals surface area contributed by atoms with Crippen LogP contribution in [0.25, 0.3) is 0 Å². The Balaban J connectivity index is 2.16. The zero-order valence-corrected chi connectivity index (χ0v) is 12.7. The molecule has 0 spiro atoms. The second kappa shape index (κ2) is 7.09. The van der Waals surface area contributed by atoms with Gasteiger partial charge < -0.3 is 9.73 Å². The van der Waals surface area contributed by atoms with Gasteiger partial charge in [-0.25, -0.2) is 0 Å². The number of hydrogen-bond acceptors (Lipinski definition) is 3. The van der Waals surface area contributed by atoms with Crippen LogP contribution >= 0.6 is 0 Å². The molecule has 1 aromatic heterocycles. The van der Waals surface area contributed by atoms with E-state index < -0.39 is 0 Å². The van der Waals surface area contributed by atoms with E-state index in [4.69, 9.17) is 4.42 Å². The molecule has 21 heavy (non-hydrogen) atoms. The number of benzene rings is 1. The van der Waals surface area contributed by atoms with Gasteiger partial charge in [-0.15, -0.1) is 0 Å². The number of rotatable bonds is 6. The Hall–Kier alpha value is -2.07. The van der Waals surface area contributed by atoms with Crippen molar-refractivity contribution in [3.05, 3.63) is 60.1 Å². The van der Waals surface area contributed by atoms with Crippen LogP contribution in [0.2, 0.25) is 0 Å². The van der Waals surface area contributed by atoms with Gasteiger partial charge in [-0.2, -0.15) is 0 Å². The van der Waals surface area contributed by atoms with Crippen LogP contribution in [0.4, 0.5) is 0 Å². The molecule has 4 nitrogen and oxygen atoms in total. The molecule has 1 amide bonds. The smallest absolute Gasteiger partial charge is 0.237 e. The zero-order chi connectivity index (χ0) is 15.2. The molecule has 0 saturated heterocycles. The number of carbonyl (C=O) groups is 1. The standard InChI is InChI=1S/C17H22N2O2/c1-12(2)18-17(20)13(3)19-16(15-10-7-11-21-15)14-8-5-4-6-9-14/h4-13,16,19H,1-3H3,(H,18,20)/t13-,16-/m1/s1. The van der Waals surface area contributed by atoms with Gasteiger partial charge in [0.1, 0.15) is 5.76 Å². The summed E-state index contributed by atoms with van der Waals surface area (Å²) in [6, 6.07) is 13.4. The Morgan fingerprint density at radius 1 is 1.05 bits per heavy atom. The average molecular weight is 286 g/mol. The Morgan fingerprint density at radius 2 is 1.76 bits per heavy atom. The molecule has 0 radical (unpaired) electrons. The molecule has 1 aromatic carbocycles. The second-order valence-electron chi connectivity index (χ2n) is 5.41. The van der Waals surface area contributed by atoms with E-state index in [0.29, 0.717) is 0 Å². The lowest BCUT2D eigenvalue weighted by molar-refractivity contribution is -0.123. The molecule has 2 atom stereocenters. The van der Waals surface area contributed by atoms with Gasteiger partial charge in [0.2, 0.25) is 5.91 Å². The van der Waals surface area contributed by atoms with Gasteiger partial charge in [0.15, 0.2) is 0 Å². The third-order valence-corrected chi connectivity index (χ3v) is 3.20. The van der Waals surface area contributed by atoms with E-state index in [1.54, 1.807) is 6.26 Å². The third kappa shape index (κ3) is 4.20. The highest BCUT2D eigenvalue weighted by Crippen LogP contribution is 2.22. The van der Waals surface area contributed by atoms with Gasteiger partial charge in [0.05, 0.1) is 18.3 Å². The minimum absolute atomic E-state index is 0.0162. The molecule has 0 unspecified atom stereocenters. The van der Waals surface area contributed by atoms with E-state index >= 15 is 0 Å². The van der Waals surface area contributed by atoms with Gasteiger partial charge in [0.25, 0.3) is 0 Å². The Labute approximate surface area is 125 Å². The minimum atomic E-state index is -0.317. The van der Waals surface area contributed by atoms with Crippen LogP contribution in [0.1, 0.15) is 38.1 Å². The van der Waals surface area contributed by atoms with Crippen LogP contribution in [0, 0.1) is 0 Å². The number of furan rings is 1. The molecule has 4 heteroatoms. The maximum absolute atomic E-state index is 12.1. The second-order valence-corrected chi connectivity index (χ2v) is 5.41. The summed E-state index contributed by atoms with van der Waals surface area (Å²) in [7, 11) is 0. The summed E-state index contributed by atoms with van der Waals surface area (Å²) in [6.45, 7) is 5.76. The van der Waals surface area contributed by atoms with E-state index in [9.17, 15) is 4.79 Å². The van der Waals surface area contributed by atoms with Crippen LogP contribution in [-0.2, 0) is 4.79 Å². The van der Waals surface area contributed by atoms with Crippen molar-refractivity contribution >= 4 is 5.91 Å². The average Bonchev–Trinajstić information content (AvgIpc) is 2.98. The van der Waals surface area contributed by atoms with E-state index in [1.807, 2.05) is 63.2 Å². The number of carbonyl (C=O) groups excluding carboxylic acids is 1. The largest absolute Gasteiger partial charge is 0.467 e. The van der Waals surface area contributed by atoms with Crippen LogP contribution in [0.5, 0.6) is 0 Å². The van der Waals surface area contributed by atoms with E-state index in [2.05, 4.69) is 10.6 Å². The van der Waals surface area contributed by atoms with Crippen molar-refractivity contribution in [3.63, 3.8) is 0 Å². The summed E-state index contributed by atoms with van der Waals surface area (Å²) in [6.07, 6.45) is 1.64. The van der Waals surface area contributed by atoms with Crippen LogP contribution in [0.3, 0.4) is 0 Å². The highest BCUT2D eigenvalue weighted by Gasteiger charge is 2.22. The van der Waals surface area contributed by atoms with Crippen molar-refractivity contribution < 1.29 is 9.21 Å². The summed E-state index contributed by atoms with van der Waals surface area (Å²) in [5, 5.41) is 6.25. The van der Waals surface area contributed by atoms with E-state index in [0.717, 1.165) is 11.3 Å². The Kier molecular flexibility index (Phi) is 5.17. The van der Waals surface area contributed by atoms with Crippen LogP contribution in [0.15, 0.2) is 53.1 Å². The number of amides is 1. The van der Waals surface area contributed by atoms with Gasteiger partial charge in [-0.1, -0.05) is 30.3 Å². The first-order chi connectivity index (χ1) is 10.1. The molecule has 2 rings (SSSR count). The molecule has 112 valence electrons. The van der Waals surface area contributed by atoms with Crippen molar-refractivity contribution in [3.8, 4) is 0 Å². The quantitative estimate of drug-likeness (QED) is 0.858. The molecule has 0 aliphatic rings. The first-order valence-corrected chi connectivity index (χ1v) is 7.22. The molecule has 1 heterocycles. The highest BCUT2D eigenvalue weighted by atomic mass is 16.3. The third-order valence-electron chi connectivity index (χ3n) is 3.20. The van der Waals surface area contributed by atoms with Gasteiger partial charge >= 0.3 is 0 Å². The van der Waals surface area contributed by atoms with Crippen molar-refractivity contribution in [1.29, 1.82) is 0 Å². The monoisotopic (exact) mass is 286 g/mol. The normalized spacial score (nSPS) is 13.9. The maximum atomic E-state index is 12.1. The minimum Gasteiger partial charge on any atom is -0.467 e. The SMILES string of the molecule is CC(C)NC(=O)[C@@H](C)N[C@H](c1ccccc1)c1ccco1. The van der Waals surface area contributed by atoms with Crippen molar-refractivity contribution in [2.75, 3.05) is 0 Å². The lowest BCUT2D eigenvalue weighted by atomic mass is 10.0. The van der Waals surface area contributed by atoms with Gasteiger partial charge in [-0.05, 0) is 38.5 Å². The fourth-order valence-corrected chi connectivity index (χ4v) is 2.18. The lowest BCUT2D eigenvalue weighted by Gasteiger charge is -2.22. The molecular formula is C17H22N2O2. The molecule has 0 saturated carbocycles. The first kappa shape index (κ1) is 15.3.